The summed E-state index contributed by atoms with van der Waals surface area (Å²) in [6.07, 6.45) is 5.85. The molecule has 0 bridgehead atoms. The molecule has 5 heteroatoms. The number of aromatic nitrogens is 2. The molecule has 0 atom stereocenters. The highest BCUT2D eigenvalue weighted by atomic mass is 15.2. The van der Waals surface area contributed by atoms with Gasteiger partial charge in [-0.1, -0.05) is 6.42 Å². The van der Waals surface area contributed by atoms with Crippen molar-refractivity contribution in [3.05, 3.63) is 12.3 Å². The highest BCUT2D eigenvalue weighted by Gasteiger charge is 2.08. The zero-order chi connectivity index (χ0) is 11.9. The molecule has 0 unspecified atom stereocenters. The highest BCUT2D eigenvalue weighted by molar-refractivity contribution is 5.38. The Labute approximate surface area is 103 Å². The molecule has 1 aliphatic rings. The molecule has 1 aliphatic heterocycles. The lowest BCUT2D eigenvalue weighted by Crippen LogP contribution is -2.33. The zero-order valence-electron chi connectivity index (χ0n) is 10.4. The number of hydrogen-bond donors (Lipinski definition) is 2. The number of piperidine rings is 1. The molecule has 0 aliphatic carbocycles. The van der Waals surface area contributed by atoms with E-state index in [1.165, 1.54) is 32.4 Å². The topological polar surface area (TPSA) is 53.1 Å². The summed E-state index contributed by atoms with van der Waals surface area (Å²) in [7, 11) is 1.83. The Kier molecular flexibility index (Phi) is 4.55. The molecule has 0 spiro atoms. The van der Waals surface area contributed by atoms with E-state index in [2.05, 4.69) is 25.5 Å². The van der Waals surface area contributed by atoms with Crippen LogP contribution >= 0.6 is 0 Å². The van der Waals surface area contributed by atoms with E-state index in [-0.39, 0.29) is 0 Å². The molecule has 0 aromatic carbocycles. The van der Waals surface area contributed by atoms with Crippen molar-refractivity contribution >= 4 is 11.8 Å². The molecule has 0 saturated carbocycles. The van der Waals surface area contributed by atoms with Crippen molar-refractivity contribution in [2.45, 2.75) is 19.3 Å². The standard InChI is InChI=1S/C12H21N5/c1-13-12-15-6-5-11(16-12)14-7-10-17-8-3-2-4-9-17/h5-6H,2-4,7-10H2,1H3,(H2,13,14,15,16). The summed E-state index contributed by atoms with van der Waals surface area (Å²) in [5.74, 6) is 1.55. The van der Waals surface area contributed by atoms with Crippen LogP contribution in [0.3, 0.4) is 0 Å². The van der Waals surface area contributed by atoms with Crippen molar-refractivity contribution in [1.82, 2.24) is 14.9 Å². The Morgan fingerprint density at radius 3 is 2.88 bits per heavy atom. The predicted octanol–water partition coefficient (Wildman–Crippen LogP) is 1.42. The smallest absolute Gasteiger partial charge is 0.224 e. The second kappa shape index (κ2) is 6.39. The lowest BCUT2D eigenvalue weighted by Gasteiger charge is -2.26. The first-order valence-electron chi connectivity index (χ1n) is 6.35. The average Bonchev–Trinajstić information content (AvgIpc) is 2.40. The summed E-state index contributed by atoms with van der Waals surface area (Å²) in [5.41, 5.74) is 0. The molecule has 2 N–H and O–H groups in total. The van der Waals surface area contributed by atoms with E-state index >= 15 is 0 Å². The van der Waals surface area contributed by atoms with Crippen LogP contribution in [0.2, 0.25) is 0 Å². The molecule has 1 aromatic heterocycles. The summed E-state index contributed by atoms with van der Waals surface area (Å²) in [5, 5.41) is 6.27. The minimum absolute atomic E-state index is 0.660. The fourth-order valence-corrected chi connectivity index (χ4v) is 2.10. The fourth-order valence-electron chi connectivity index (χ4n) is 2.10. The van der Waals surface area contributed by atoms with Gasteiger partial charge in [0.15, 0.2) is 0 Å². The summed E-state index contributed by atoms with van der Waals surface area (Å²) in [4.78, 5) is 10.9. The SMILES string of the molecule is CNc1nccc(NCCN2CCCCC2)n1. The third kappa shape index (κ3) is 3.85. The average molecular weight is 235 g/mol. The van der Waals surface area contributed by atoms with Gasteiger partial charge in [-0.3, -0.25) is 0 Å². The van der Waals surface area contributed by atoms with E-state index in [0.717, 1.165) is 18.9 Å². The van der Waals surface area contributed by atoms with E-state index in [1.54, 1.807) is 6.20 Å². The van der Waals surface area contributed by atoms with Crippen molar-refractivity contribution in [2.75, 3.05) is 43.9 Å². The third-order valence-corrected chi connectivity index (χ3v) is 3.06. The van der Waals surface area contributed by atoms with Crippen LogP contribution in [0.4, 0.5) is 11.8 Å². The molecule has 0 amide bonds. The summed E-state index contributed by atoms with van der Waals surface area (Å²) >= 11 is 0. The number of hydrogen-bond acceptors (Lipinski definition) is 5. The monoisotopic (exact) mass is 235 g/mol. The molecule has 2 heterocycles. The fraction of sp³-hybridized carbons (Fsp3) is 0.667. The quantitative estimate of drug-likeness (QED) is 0.808. The number of nitrogens with zero attached hydrogens (tertiary/aromatic N) is 3. The molecular weight excluding hydrogens is 214 g/mol. The van der Waals surface area contributed by atoms with Gasteiger partial charge in [0.25, 0.3) is 0 Å². The molecule has 1 aromatic rings. The van der Waals surface area contributed by atoms with Crippen LogP contribution in [-0.2, 0) is 0 Å². The van der Waals surface area contributed by atoms with Crippen molar-refractivity contribution in [1.29, 1.82) is 0 Å². The van der Waals surface area contributed by atoms with Crippen molar-refractivity contribution in [3.8, 4) is 0 Å². The van der Waals surface area contributed by atoms with E-state index in [0.29, 0.717) is 5.95 Å². The number of nitrogens with one attached hydrogen (secondary N) is 2. The van der Waals surface area contributed by atoms with Crippen LogP contribution in [0, 0.1) is 0 Å². The van der Waals surface area contributed by atoms with Gasteiger partial charge in [0.05, 0.1) is 0 Å². The maximum Gasteiger partial charge on any atom is 0.224 e. The van der Waals surface area contributed by atoms with Gasteiger partial charge < -0.3 is 15.5 Å². The van der Waals surface area contributed by atoms with Crippen LogP contribution < -0.4 is 10.6 Å². The van der Waals surface area contributed by atoms with Crippen molar-refractivity contribution in [2.24, 2.45) is 0 Å². The van der Waals surface area contributed by atoms with Gasteiger partial charge >= 0.3 is 0 Å². The molecule has 0 radical (unpaired) electrons. The highest BCUT2D eigenvalue weighted by Crippen LogP contribution is 2.08. The van der Waals surface area contributed by atoms with Crippen LogP contribution in [0.15, 0.2) is 12.3 Å². The normalized spacial score (nSPS) is 16.8. The van der Waals surface area contributed by atoms with Crippen molar-refractivity contribution in [3.63, 3.8) is 0 Å². The largest absolute Gasteiger partial charge is 0.369 e. The lowest BCUT2D eigenvalue weighted by molar-refractivity contribution is 0.237. The molecular formula is C12H21N5. The summed E-state index contributed by atoms with van der Waals surface area (Å²) < 4.78 is 0. The number of likely N-dealkylation sites (tertiary alicyclic amines) is 1. The molecule has 2 rings (SSSR count). The van der Waals surface area contributed by atoms with Crippen molar-refractivity contribution < 1.29 is 0 Å². The first-order chi connectivity index (χ1) is 8.38. The second-order valence-corrected chi connectivity index (χ2v) is 4.34. The molecule has 94 valence electrons. The van der Waals surface area contributed by atoms with Crippen LogP contribution in [-0.4, -0.2) is 48.1 Å². The van der Waals surface area contributed by atoms with E-state index in [1.807, 2.05) is 13.1 Å². The van der Waals surface area contributed by atoms with Crippen LogP contribution in [0.5, 0.6) is 0 Å². The molecule has 17 heavy (non-hydrogen) atoms. The van der Waals surface area contributed by atoms with Gasteiger partial charge in [0.2, 0.25) is 5.95 Å². The summed E-state index contributed by atoms with van der Waals surface area (Å²) in [6, 6.07) is 1.90. The van der Waals surface area contributed by atoms with Gasteiger partial charge in [0, 0.05) is 26.3 Å². The van der Waals surface area contributed by atoms with E-state index in [9.17, 15) is 0 Å². The molecule has 1 saturated heterocycles. The minimum Gasteiger partial charge on any atom is -0.369 e. The molecule has 5 nitrogen and oxygen atoms in total. The Morgan fingerprint density at radius 1 is 1.29 bits per heavy atom. The van der Waals surface area contributed by atoms with Gasteiger partial charge in [-0.15, -0.1) is 0 Å². The van der Waals surface area contributed by atoms with Gasteiger partial charge in [0.1, 0.15) is 5.82 Å². The second-order valence-electron chi connectivity index (χ2n) is 4.34. The van der Waals surface area contributed by atoms with Gasteiger partial charge in [-0.05, 0) is 32.0 Å². The van der Waals surface area contributed by atoms with E-state index in [4.69, 9.17) is 0 Å². The number of anilines is 2. The van der Waals surface area contributed by atoms with Crippen LogP contribution in [0.1, 0.15) is 19.3 Å². The lowest BCUT2D eigenvalue weighted by atomic mass is 10.1. The Balaban J connectivity index is 1.73. The predicted molar refractivity (Wildman–Crippen MR) is 70.4 cm³/mol. The Hall–Kier alpha value is -1.36. The van der Waals surface area contributed by atoms with Gasteiger partial charge in [-0.2, -0.15) is 4.98 Å². The summed E-state index contributed by atoms with van der Waals surface area (Å²) in [6.45, 7) is 4.53. The third-order valence-electron chi connectivity index (χ3n) is 3.06. The Morgan fingerprint density at radius 2 is 2.12 bits per heavy atom. The zero-order valence-corrected chi connectivity index (χ0v) is 10.4. The van der Waals surface area contributed by atoms with E-state index < -0.39 is 0 Å². The first-order valence-corrected chi connectivity index (χ1v) is 6.35. The Bertz CT molecular complexity index is 335. The first kappa shape index (κ1) is 12.1. The van der Waals surface area contributed by atoms with Gasteiger partial charge in [-0.25, -0.2) is 4.98 Å². The van der Waals surface area contributed by atoms with Crippen LogP contribution in [0.25, 0.3) is 0 Å². The maximum absolute atomic E-state index is 4.32. The minimum atomic E-state index is 0.660. The number of rotatable bonds is 5. The molecule has 1 fully saturated rings. The maximum atomic E-state index is 4.32.